The molecule has 30 heavy (non-hydrogen) atoms. The van der Waals surface area contributed by atoms with Crippen LogP contribution in [0, 0.1) is 0 Å². The Hall–Kier alpha value is -3.52. The third-order valence-corrected chi connectivity index (χ3v) is 4.72. The molecule has 0 saturated carbocycles. The first kappa shape index (κ1) is 19.8. The van der Waals surface area contributed by atoms with Gasteiger partial charge in [0, 0.05) is 6.54 Å². The maximum Gasteiger partial charge on any atom is 0.291 e. The first-order valence-corrected chi connectivity index (χ1v) is 9.88. The third kappa shape index (κ3) is 4.72. The summed E-state index contributed by atoms with van der Waals surface area (Å²) >= 11 is 3.16. The van der Waals surface area contributed by atoms with Crippen molar-refractivity contribution in [1.82, 2.24) is 10.6 Å². The first-order chi connectivity index (χ1) is 14.6. The molecule has 4 rings (SSSR count). The number of hydrogen-bond donors (Lipinski definition) is 2. The third-order valence-electron chi connectivity index (χ3n) is 4.29. The van der Waals surface area contributed by atoms with E-state index in [9.17, 15) is 9.59 Å². The molecule has 1 aromatic heterocycles. The van der Waals surface area contributed by atoms with Crippen molar-refractivity contribution in [3.63, 3.8) is 0 Å². The zero-order chi connectivity index (χ0) is 20.9. The Morgan fingerprint density at radius 2 is 1.80 bits per heavy atom. The second-order valence-electron chi connectivity index (χ2n) is 6.40. The number of furan rings is 1. The monoisotopic (exact) mass is 468 g/mol. The SMILES string of the molecule is O=C(NCc1ccccc1)/C(=C\c1ccc2c(c1)OCO2)NC(=O)c1ccc(Br)o1. The van der Waals surface area contributed by atoms with Crippen LogP contribution in [0.5, 0.6) is 11.5 Å². The number of amides is 2. The van der Waals surface area contributed by atoms with Crippen molar-refractivity contribution in [2.45, 2.75) is 6.54 Å². The van der Waals surface area contributed by atoms with E-state index in [0.29, 0.717) is 28.3 Å². The topological polar surface area (TPSA) is 89.8 Å². The first-order valence-electron chi connectivity index (χ1n) is 9.08. The predicted octanol–water partition coefficient (Wildman–Crippen LogP) is 3.86. The molecule has 152 valence electrons. The summed E-state index contributed by atoms with van der Waals surface area (Å²) in [6, 6.07) is 17.9. The highest BCUT2D eigenvalue weighted by Crippen LogP contribution is 2.33. The van der Waals surface area contributed by atoms with Crippen molar-refractivity contribution in [2.75, 3.05) is 6.79 Å². The van der Waals surface area contributed by atoms with Gasteiger partial charge in [0.15, 0.2) is 21.9 Å². The molecule has 1 aliphatic rings. The number of rotatable bonds is 6. The largest absolute Gasteiger partial charge is 0.454 e. The number of nitrogens with one attached hydrogen (secondary N) is 2. The van der Waals surface area contributed by atoms with Crippen LogP contribution >= 0.6 is 15.9 Å². The highest BCUT2D eigenvalue weighted by Gasteiger charge is 2.18. The van der Waals surface area contributed by atoms with Gasteiger partial charge < -0.3 is 24.5 Å². The minimum absolute atomic E-state index is 0.0716. The van der Waals surface area contributed by atoms with Gasteiger partial charge in [-0.05, 0) is 57.4 Å². The van der Waals surface area contributed by atoms with Crippen LogP contribution in [0.15, 0.2) is 75.4 Å². The lowest BCUT2D eigenvalue weighted by molar-refractivity contribution is -0.117. The lowest BCUT2D eigenvalue weighted by Gasteiger charge is -2.11. The molecular weight excluding hydrogens is 452 g/mol. The number of fused-ring (bicyclic) bond motifs is 1. The Kier molecular flexibility index (Phi) is 5.85. The highest BCUT2D eigenvalue weighted by atomic mass is 79.9. The van der Waals surface area contributed by atoms with E-state index >= 15 is 0 Å². The van der Waals surface area contributed by atoms with Crippen LogP contribution in [0.4, 0.5) is 0 Å². The maximum atomic E-state index is 12.8. The van der Waals surface area contributed by atoms with Gasteiger partial charge >= 0.3 is 0 Å². The predicted molar refractivity (Wildman–Crippen MR) is 113 cm³/mol. The number of benzene rings is 2. The molecule has 0 saturated heterocycles. The molecule has 0 aliphatic carbocycles. The Bertz CT molecular complexity index is 1110. The smallest absolute Gasteiger partial charge is 0.291 e. The molecule has 0 radical (unpaired) electrons. The van der Waals surface area contributed by atoms with E-state index in [1.807, 2.05) is 30.3 Å². The Morgan fingerprint density at radius 3 is 2.57 bits per heavy atom. The van der Waals surface area contributed by atoms with Gasteiger partial charge in [-0.1, -0.05) is 36.4 Å². The number of ether oxygens (including phenoxy) is 2. The summed E-state index contributed by atoms with van der Waals surface area (Å²) in [5.41, 5.74) is 1.68. The van der Waals surface area contributed by atoms with Gasteiger partial charge in [-0.25, -0.2) is 0 Å². The van der Waals surface area contributed by atoms with Crippen molar-refractivity contribution in [3.8, 4) is 11.5 Å². The van der Waals surface area contributed by atoms with Gasteiger partial charge in [0.05, 0.1) is 0 Å². The minimum atomic E-state index is -0.539. The second-order valence-corrected chi connectivity index (χ2v) is 7.18. The van der Waals surface area contributed by atoms with Gasteiger partial charge in [0.1, 0.15) is 5.70 Å². The average Bonchev–Trinajstić information content (AvgIpc) is 3.40. The fourth-order valence-corrected chi connectivity index (χ4v) is 3.13. The van der Waals surface area contributed by atoms with E-state index in [4.69, 9.17) is 13.9 Å². The van der Waals surface area contributed by atoms with Crippen molar-refractivity contribution in [1.29, 1.82) is 0 Å². The summed E-state index contributed by atoms with van der Waals surface area (Å²) in [4.78, 5) is 25.4. The molecule has 2 amide bonds. The molecule has 2 aromatic carbocycles. The quantitative estimate of drug-likeness (QED) is 0.536. The van der Waals surface area contributed by atoms with E-state index in [2.05, 4.69) is 26.6 Å². The summed E-state index contributed by atoms with van der Waals surface area (Å²) < 4.78 is 16.4. The van der Waals surface area contributed by atoms with Crippen molar-refractivity contribution in [3.05, 3.63) is 87.9 Å². The molecule has 2 heterocycles. The van der Waals surface area contributed by atoms with Crippen LogP contribution < -0.4 is 20.1 Å². The molecule has 0 bridgehead atoms. The molecule has 0 fully saturated rings. The standard InChI is InChI=1S/C22H17BrN2O5/c23-20-9-8-18(30-20)22(27)25-16(21(26)24-12-14-4-2-1-3-5-14)10-15-6-7-17-19(11-15)29-13-28-17/h1-11H,12-13H2,(H,24,26)(H,25,27)/b16-10+. The van der Waals surface area contributed by atoms with E-state index < -0.39 is 11.8 Å². The molecule has 8 heteroatoms. The lowest BCUT2D eigenvalue weighted by Crippen LogP contribution is -2.34. The fraction of sp³-hybridized carbons (Fsp3) is 0.0909. The van der Waals surface area contributed by atoms with Crippen LogP contribution in [0.2, 0.25) is 0 Å². The number of carbonyl (C=O) groups excluding carboxylic acids is 2. The Labute approximate surface area is 180 Å². The summed E-state index contributed by atoms with van der Waals surface area (Å²) in [5, 5.41) is 5.44. The molecule has 3 aromatic rings. The van der Waals surface area contributed by atoms with Gasteiger partial charge in [0.2, 0.25) is 6.79 Å². The van der Waals surface area contributed by atoms with Crippen LogP contribution in [0.1, 0.15) is 21.7 Å². The summed E-state index contributed by atoms with van der Waals surface area (Å²) in [6.45, 7) is 0.470. The van der Waals surface area contributed by atoms with Gasteiger partial charge in [-0.15, -0.1) is 0 Å². The van der Waals surface area contributed by atoms with Crippen LogP contribution in [-0.2, 0) is 11.3 Å². The van der Waals surface area contributed by atoms with Gasteiger partial charge in [0.25, 0.3) is 11.8 Å². The van der Waals surface area contributed by atoms with Crippen molar-refractivity contribution >= 4 is 33.8 Å². The zero-order valence-corrected chi connectivity index (χ0v) is 17.3. The molecule has 1 aliphatic heterocycles. The van der Waals surface area contributed by atoms with Gasteiger partial charge in [-0.3, -0.25) is 9.59 Å². The summed E-state index contributed by atoms with van der Waals surface area (Å²) in [6.07, 6.45) is 1.57. The molecule has 7 nitrogen and oxygen atoms in total. The van der Waals surface area contributed by atoms with E-state index in [-0.39, 0.29) is 18.3 Å². The number of carbonyl (C=O) groups is 2. The molecule has 0 atom stereocenters. The Morgan fingerprint density at radius 1 is 1.00 bits per heavy atom. The molecular formula is C22H17BrN2O5. The Balaban J connectivity index is 1.56. The fourth-order valence-electron chi connectivity index (χ4n) is 2.82. The highest BCUT2D eigenvalue weighted by molar-refractivity contribution is 9.10. The number of hydrogen-bond acceptors (Lipinski definition) is 5. The van der Waals surface area contributed by atoms with Gasteiger partial charge in [-0.2, -0.15) is 0 Å². The normalized spacial score (nSPS) is 12.5. The van der Waals surface area contributed by atoms with Crippen LogP contribution in [0.25, 0.3) is 6.08 Å². The van der Waals surface area contributed by atoms with Crippen molar-refractivity contribution in [2.24, 2.45) is 0 Å². The molecule has 2 N–H and O–H groups in total. The minimum Gasteiger partial charge on any atom is -0.454 e. The van der Waals surface area contributed by atoms with Crippen LogP contribution in [0.3, 0.4) is 0 Å². The number of halogens is 1. The van der Waals surface area contributed by atoms with E-state index in [1.165, 1.54) is 6.07 Å². The molecule has 0 spiro atoms. The van der Waals surface area contributed by atoms with Crippen LogP contribution in [-0.4, -0.2) is 18.6 Å². The van der Waals surface area contributed by atoms with E-state index in [0.717, 1.165) is 5.56 Å². The average molecular weight is 469 g/mol. The summed E-state index contributed by atoms with van der Waals surface area (Å²) in [7, 11) is 0. The lowest BCUT2D eigenvalue weighted by atomic mass is 10.1. The molecule has 0 unspecified atom stereocenters. The zero-order valence-electron chi connectivity index (χ0n) is 15.7. The van der Waals surface area contributed by atoms with E-state index in [1.54, 1.807) is 30.3 Å². The maximum absolute atomic E-state index is 12.8. The summed E-state index contributed by atoms with van der Waals surface area (Å²) in [5.74, 6) is 0.313. The second kappa shape index (κ2) is 8.87. The van der Waals surface area contributed by atoms with Crippen molar-refractivity contribution < 1.29 is 23.5 Å².